The molecular weight excluding hydrogens is 359 g/mol. The number of hydrogen-bond acceptors (Lipinski definition) is 4. The molecule has 0 amide bonds. The van der Waals surface area contributed by atoms with Gasteiger partial charge in [-0.1, -0.05) is 6.92 Å². The van der Waals surface area contributed by atoms with Crippen molar-refractivity contribution in [3.63, 3.8) is 0 Å². The van der Waals surface area contributed by atoms with Crippen LogP contribution in [-0.2, 0) is 16.0 Å². The van der Waals surface area contributed by atoms with Crippen molar-refractivity contribution in [1.29, 1.82) is 0 Å². The third-order valence-electron chi connectivity index (χ3n) is 4.19. The summed E-state index contributed by atoms with van der Waals surface area (Å²) >= 11 is 0. The highest BCUT2D eigenvalue weighted by Crippen LogP contribution is 2.28. The molecule has 0 unspecified atom stereocenters. The number of ketones is 1. The van der Waals surface area contributed by atoms with E-state index in [4.69, 9.17) is 4.74 Å². The van der Waals surface area contributed by atoms with Crippen LogP contribution >= 0.6 is 0 Å². The van der Waals surface area contributed by atoms with Crippen LogP contribution in [0.2, 0.25) is 0 Å². The van der Waals surface area contributed by atoms with Gasteiger partial charge < -0.3 is 4.74 Å². The van der Waals surface area contributed by atoms with Gasteiger partial charge in [0.05, 0.1) is 17.5 Å². The first-order valence-corrected chi connectivity index (χ1v) is 9.20. The Kier molecular flexibility index (Phi) is 5.31. The van der Waals surface area contributed by atoms with Crippen molar-refractivity contribution in [2.75, 3.05) is 0 Å². The van der Waals surface area contributed by atoms with E-state index in [0.717, 1.165) is 5.56 Å². The van der Waals surface area contributed by atoms with Crippen LogP contribution in [-0.4, -0.2) is 27.0 Å². The number of carbonyl (C=O) groups is 2. The number of rotatable bonds is 5. The van der Waals surface area contributed by atoms with Crippen LogP contribution in [0.1, 0.15) is 50.0 Å². The molecule has 0 bridgehead atoms. The van der Waals surface area contributed by atoms with Crippen molar-refractivity contribution < 1.29 is 18.7 Å². The molecule has 1 aromatic carbocycles. The van der Waals surface area contributed by atoms with E-state index in [-0.39, 0.29) is 24.0 Å². The summed E-state index contributed by atoms with van der Waals surface area (Å²) in [6.07, 6.45) is 2.13. The van der Waals surface area contributed by atoms with Crippen LogP contribution in [0.15, 0.2) is 42.6 Å². The molecule has 3 rings (SSSR count). The Hall–Kier alpha value is -3.02. The lowest BCUT2D eigenvalue weighted by molar-refractivity contribution is -0.153. The molecule has 0 radical (unpaired) electrons. The summed E-state index contributed by atoms with van der Waals surface area (Å²) < 4.78 is 20.3. The molecule has 0 N–H and O–H groups in total. The molecule has 0 spiro atoms. The Bertz CT molecular complexity index is 1030. The largest absolute Gasteiger partial charge is 0.460 e. The third kappa shape index (κ3) is 4.27. The second kappa shape index (κ2) is 7.54. The highest BCUT2D eigenvalue weighted by Gasteiger charge is 2.21. The second-order valence-electron chi connectivity index (χ2n) is 7.64. The van der Waals surface area contributed by atoms with E-state index < -0.39 is 5.60 Å². The summed E-state index contributed by atoms with van der Waals surface area (Å²) in [5.41, 5.74) is 2.43. The molecule has 0 atom stereocenters. The Morgan fingerprint density at radius 2 is 1.82 bits per heavy atom. The van der Waals surface area contributed by atoms with Gasteiger partial charge in [0.15, 0.2) is 5.78 Å². The van der Waals surface area contributed by atoms with Crippen molar-refractivity contribution in [2.45, 2.75) is 46.1 Å². The number of aromatic nitrogens is 2. The van der Waals surface area contributed by atoms with Gasteiger partial charge in [0.1, 0.15) is 17.1 Å². The minimum atomic E-state index is -0.559. The van der Waals surface area contributed by atoms with E-state index >= 15 is 0 Å². The summed E-state index contributed by atoms with van der Waals surface area (Å²) in [5, 5.41) is 4.52. The summed E-state index contributed by atoms with van der Waals surface area (Å²) in [7, 11) is 0. The number of pyridine rings is 1. The molecule has 0 aliphatic carbocycles. The van der Waals surface area contributed by atoms with Crippen LogP contribution in [0.3, 0.4) is 0 Å². The highest BCUT2D eigenvalue weighted by atomic mass is 19.1. The van der Waals surface area contributed by atoms with Crippen molar-refractivity contribution >= 4 is 17.3 Å². The zero-order chi connectivity index (χ0) is 20.5. The zero-order valence-corrected chi connectivity index (χ0v) is 16.5. The molecule has 0 fully saturated rings. The van der Waals surface area contributed by atoms with Crippen LogP contribution < -0.4 is 0 Å². The molecular formula is C22H23FN2O3. The summed E-state index contributed by atoms with van der Waals surface area (Å²) in [6.45, 7) is 7.24. The molecule has 2 aromatic heterocycles. The van der Waals surface area contributed by atoms with Gasteiger partial charge >= 0.3 is 5.97 Å². The Morgan fingerprint density at radius 1 is 1.14 bits per heavy atom. The van der Waals surface area contributed by atoms with Crippen molar-refractivity contribution in [3.05, 3.63) is 59.5 Å². The van der Waals surface area contributed by atoms with Gasteiger partial charge in [-0.15, -0.1) is 0 Å². The molecule has 6 heteroatoms. The fourth-order valence-corrected chi connectivity index (χ4v) is 3.01. The average Bonchev–Trinajstić information content (AvgIpc) is 2.98. The molecule has 0 saturated carbocycles. The molecule has 5 nitrogen and oxygen atoms in total. The standard InChI is InChI=1S/C22H23FN2O3/c1-5-18(26)20-17-12-14(13-19(27)28-22(2,3)4)10-11-25(17)24-21(20)15-6-8-16(23)9-7-15/h6-12H,5,13H2,1-4H3. The van der Waals surface area contributed by atoms with Crippen LogP contribution in [0.5, 0.6) is 0 Å². The minimum absolute atomic E-state index is 0.0660. The fraction of sp³-hybridized carbons (Fsp3) is 0.318. The van der Waals surface area contributed by atoms with Crippen LogP contribution in [0.25, 0.3) is 16.8 Å². The Labute approximate surface area is 163 Å². The molecule has 0 aliphatic rings. The molecule has 2 heterocycles. The third-order valence-corrected chi connectivity index (χ3v) is 4.19. The topological polar surface area (TPSA) is 60.7 Å². The molecule has 0 aliphatic heterocycles. The maximum Gasteiger partial charge on any atom is 0.310 e. The van der Waals surface area contributed by atoms with E-state index in [1.54, 1.807) is 41.9 Å². The first kappa shape index (κ1) is 19.7. The van der Waals surface area contributed by atoms with Gasteiger partial charge in [0.2, 0.25) is 0 Å². The van der Waals surface area contributed by atoms with E-state index in [1.807, 2.05) is 20.8 Å². The maximum absolute atomic E-state index is 13.3. The molecule has 146 valence electrons. The summed E-state index contributed by atoms with van der Waals surface area (Å²) in [4.78, 5) is 24.8. The number of nitrogens with zero attached hydrogens (tertiary/aromatic N) is 2. The molecule has 3 aromatic rings. The van der Waals surface area contributed by atoms with Gasteiger partial charge in [-0.05, 0) is 62.7 Å². The highest BCUT2D eigenvalue weighted by molar-refractivity contribution is 6.07. The number of halogens is 1. The number of benzene rings is 1. The van der Waals surface area contributed by atoms with Crippen molar-refractivity contribution in [2.24, 2.45) is 0 Å². The van der Waals surface area contributed by atoms with Gasteiger partial charge in [-0.25, -0.2) is 8.91 Å². The number of ether oxygens (including phenoxy) is 1. The molecule has 28 heavy (non-hydrogen) atoms. The Morgan fingerprint density at radius 3 is 2.43 bits per heavy atom. The summed E-state index contributed by atoms with van der Waals surface area (Å²) in [5.74, 6) is -0.752. The fourth-order valence-electron chi connectivity index (χ4n) is 3.01. The van der Waals surface area contributed by atoms with E-state index in [9.17, 15) is 14.0 Å². The zero-order valence-electron chi connectivity index (χ0n) is 16.5. The number of esters is 1. The van der Waals surface area contributed by atoms with Gasteiger partial charge in [-0.2, -0.15) is 5.10 Å². The SMILES string of the molecule is CCC(=O)c1c(-c2ccc(F)cc2)nn2ccc(CC(=O)OC(C)(C)C)cc12. The number of Topliss-reactive ketones (excluding diaryl/α,β-unsaturated/α-hetero) is 1. The van der Waals surface area contributed by atoms with Gasteiger partial charge in [-0.3, -0.25) is 9.59 Å². The first-order valence-electron chi connectivity index (χ1n) is 9.20. The number of hydrogen-bond donors (Lipinski definition) is 0. The summed E-state index contributed by atoms with van der Waals surface area (Å²) in [6, 6.07) is 9.45. The van der Waals surface area contributed by atoms with E-state index in [0.29, 0.717) is 28.8 Å². The normalized spacial score (nSPS) is 11.6. The maximum atomic E-state index is 13.3. The van der Waals surface area contributed by atoms with Crippen molar-refractivity contribution in [3.8, 4) is 11.3 Å². The lowest BCUT2D eigenvalue weighted by Gasteiger charge is -2.19. The predicted octanol–water partition coefficient (Wildman–Crippen LogP) is 4.62. The van der Waals surface area contributed by atoms with E-state index in [2.05, 4.69) is 5.10 Å². The Balaban J connectivity index is 2.05. The van der Waals surface area contributed by atoms with Crippen LogP contribution in [0.4, 0.5) is 4.39 Å². The second-order valence-corrected chi connectivity index (χ2v) is 7.64. The van der Waals surface area contributed by atoms with Gasteiger partial charge in [0.25, 0.3) is 0 Å². The smallest absolute Gasteiger partial charge is 0.310 e. The van der Waals surface area contributed by atoms with E-state index in [1.165, 1.54) is 12.1 Å². The predicted molar refractivity (Wildman–Crippen MR) is 105 cm³/mol. The monoisotopic (exact) mass is 382 g/mol. The van der Waals surface area contributed by atoms with Crippen LogP contribution in [0, 0.1) is 5.82 Å². The lowest BCUT2D eigenvalue weighted by atomic mass is 10.0. The first-order chi connectivity index (χ1) is 13.2. The minimum Gasteiger partial charge on any atom is -0.460 e. The lowest BCUT2D eigenvalue weighted by Crippen LogP contribution is -2.24. The quantitative estimate of drug-likeness (QED) is 0.477. The van der Waals surface area contributed by atoms with Crippen molar-refractivity contribution in [1.82, 2.24) is 9.61 Å². The number of carbonyl (C=O) groups excluding carboxylic acids is 2. The molecule has 0 saturated heterocycles. The average molecular weight is 382 g/mol. The number of fused-ring (bicyclic) bond motifs is 1. The van der Waals surface area contributed by atoms with Gasteiger partial charge in [0, 0.05) is 18.2 Å².